The highest BCUT2D eigenvalue weighted by atomic mass is 15.3. The monoisotopic (exact) mass is 461 g/mol. The normalized spacial score (nSPS) is 18.4. The van der Waals surface area contributed by atoms with Crippen LogP contribution in [0.25, 0.3) is 33.3 Å². The van der Waals surface area contributed by atoms with Gasteiger partial charge in [0.05, 0.1) is 11.7 Å². The van der Waals surface area contributed by atoms with Gasteiger partial charge >= 0.3 is 0 Å². The zero-order chi connectivity index (χ0) is 23.2. The first-order valence-electron chi connectivity index (χ1n) is 12.4. The van der Waals surface area contributed by atoms with Crippen molar-refractivity contribution in [2.75, 3.05) is 24.5 Å². The van der Waals surface area contributed by atoms with Crippen LogP contribution < -0.4 is 10.2 Å². The number of benzene rings is 1. The van der Waals surface area contributed by atoms with Gasteiger partial charge in [0.25, 0.3) is 0 Å². The fourth-order valence-electron chi connectivity index (χ4n) is 5.35. The Morgan fingerprint density at radius 1 is 1.00 bits per heavy atom. The Morgan fingerprint density at radius 3 is 2.80 bits per heavy atom. The number of rotatable bonds is 5. The van der Waals surface area contributed by atoms with E-state index in [0.717, 1.165) is 59.8 Å². The van der Waals surface area contributed by atoms with E-state index in [1.807, 2.05) is 36.9 Å². The molecule has 0 radical (unpaired) electrons. The minimum Gasteiger partial charge on any atom is -0.353 e. The molecule has 2 aliphatic rings. The van der Waals surface area contributed by atoms with E-state index in [9.17, 15) is 0 Å². The van der Waals surface area contributed by atoms with Crippen LogP contribution >= 0.6 is 0 Å². The summed E-state index contributed by atoms with van der Waals surface area (Å²) in [5.41, 5.74) is 5.42. The summed E-state index contributed by atoms with van der Waals surface area (Å²) >= 11 is 0. The number of hydrogen-bond acceptors (Lipinski definition) is 6. The predicted molar refractivity (Wildman–Crippen MR) is 139 cm³/mol. The number of pyridine rings is 2. The van der Waals surface area contributed by atoms with Crippen LogP contribution in [-0.2, 0) is 6.42 Å². The molecule has 7 nitrogen and oxygen atoms in total. The largest absolute Gasteiger partial charge is 0.353 e. The molecule has 5 heterocycles. The van der Waals surface area contributed by atoms with Crippen LogP contribution in [0.4, 0.5) is 5.82 Å². The maximum absolute atomic E-state index is 5.25. The second kappa shape index (κ2) is 8.43. The van der Waals surface area contributed by atoms with E-state index in [2.05, 4.69) is 55.5 Å². The van der Waals surface area contributed by atoms with Crippen molar-refractivity contribution in [3.63, 3.8) is 0 Å². The van der Waals surface area contributed by atoms with E-state index in [0.29, 0.717) is 12.0 Å². The molecule has 0 amide bonds. The second-order valence-corrected chi connectivity index (χ2v) is 9.65. The number of aromatic amines is 1. The highest BCUT2D eigenvalue weighted by Crippen LogP contribution is 2.45. The Balaban J connectivity index is 1.35. The number of nitrogens with zero attached hydrogens (tertiary/aromatic N) is 5. The molecule has 2 N–H and O–H groups in total. The van der Waals surface area contributed by atoms with Crippen LogP contribution in [0.2, 0.25) is 0 Å². The van der Waals surface area contributed by atoms with Crippen molar-refractivity contribution in [3.05, 3.63) is 78.4 Å². The number of fused-ring (bicyclic) bond motifs is 2. The third kappa shape index (κ3) is 3.82. The lowest BCUT2D eigenvalue weighted by atomic mass is 10.0. The third-order valence-electron chi connectivity index (χ3n) is 7.22. The van der Waals surface area contributed by atoms with Crippen LogP contribution in [-0.4, -0.2) is 50.6 Å². The lowest BCUT2D eigenvalue weighted by Gasteiger charge is -2.35. The van der Waals surface area contributed by atoms with Gasteiger partial charge in [0, 0.05) is 60.6 Å². The molecule has 7 rings (SSSR count). The van der Waals surface area contributed by atoms with Gasteiger partial charge in [-0.1, -0.05) is 30.3 Å². The fraction of sp³-hybridized carbons (Fsp3) is 0.286. The minimum absolute atomic E-state index is 0.364. The Morgan fingerprint density at radius 2 is 1.91 bits per heavy atom. The summed E-state index contributed by atoms with van der Waals surface area (Å²) in [6.07, 6.45) is 11.1. The maximum Gasteiger partial charge on any atom is 0.163 e. The van der Waals surface area contributed by atoms with E-state index in [1.54, 1.807) is 0 Å². The lowest BCUT2D eigenvalue weighted by Crippen LogP contribution is -2.52. The van der Waals surface area contributed by atoms with Crippen molar-refractivity contribution >= 4 is 27.8 Å². The van der Waals surface area contributed by atoms with Gasteiger partial charge in [-0.05, 0) is 48.4 Å². The van der Waals surface area contributed by atoms with Crippen LogP contribution in [0.1, 0.15) is 29.9 Å². The lowest BCUT2D eigenvalue weighted by molar-refractivity contribution is 0.453. The Hall–Kier alpha value is -3.84. The van der Waals surface area contributed by atoms with Crippen LogP contribution in [0.15, 0.2) is 67.3 Å². The smallest absolute Gasteiger partial charge is 0.163 e. The van der Waals surface area contributed by atoms with Gasteiger partial charge in [-0.3, -0.25) is 4.98 Å². The molecule has 1 saturated carbocycles. The summed E-state index contributed by atoms with van der Waals surface area (Å²) in [6.45, 7) is 2.75. The number of nitrogens with one attached hydrogen (secondary N) is 2. The SMILES string of the molecule is c1ccc(CC2CN(c3nc(-c4ccnc5[nH]ccc45)nc4cncc(C5CC5)c34)CCN2)cc1. The van der Waals surface area contributed by atoms with Crippen molar-refractivity contribution in [3.8, 4) is 11.4 Å². The Bertz CT molecular complexity index is 1510. The van der Waals surface area contributed by atoms with Gasteiger partial charge in [0.1, 0.15) is 11.5 Å². The molecule has 1 saturated heterocycles. The molecule has 0 spiro atoms. The number of hydrogen-bond donors (Lipinski definition) is 2. The van der Waals surface area contributed by atoms with Crippen molar-refractivity contribution < 1.29 is 0 Å². The van der Waals surface area contributed by atoms with Crippen LogP contribution in [0.3, 0.4) is 0 Å². The van der Waals surface area contributed by atoms with Crippen LogP contribution in [0.5, 0.6) is 0 Å². The molecule has 1 atom stereocenters. The summed E-state index contributed by atoms with van der Waals surface area (Å²) < 4.78 is 0. The highest BCUT2D eigenvalue weighted by Gasteiger charge is 2.30. The molecule has 2 fully saturated rings. The number of aromatic nitrogens is 5. The first-order valence-corrected chi connectivity index (χ1v) is 12.4. The molecule has 4 aromatic heterocycles. The molecule has 35 heavy (non-hydrogen) atoms. The molecule has 0 bridgehead atoms. The van der Waals surface area contributed by atoms with Crippen LogP contribution in [0, 0.1) is 0 Å². The zero-order valence-corrected chi connectivity index (χ0v) is 19.5. The first-order chi connectivity index (χ1) is 17.3. The molecular formula is C28H27N7. The quantitative estimate of drug-likeness (QED) is 0.402. The maximum atomic E-state index is 5.25. The topological polar surface area (TPSA) is 82.6 Å². The molecule has 1 aliphatic heterocycles. The van der Waals surface area contributed by atoms with Crippen molar-refractivity contribution in [1.29, 1.82) is 0 Å². The predicted octanol–water partition coefficient (Wildman–Crippen LogP) is 4.47. The third-order valence-corrected chi connectivity index (χ3v) is 7.22. The van der Waals surface area contributed by atoms with E-state index in [-0.39, 0.29) is 0 Å². The average Bonchev–Trinajstić information content (AvgIpc) is 3.64. The summed E-state index contributed by atoms with van der Waals surface area (Å²) in [4.78, 5) is 25.0. The summed E-state index contributed by atoms with van der Waals surface area (Å²) in [5.74, 6) is 2.33. The zero-order valence-electron chi connectivity index (χ0n) is 19.5. The van der Waals surface area contributed by atoms with Gasteiger partial charge in [-0.15, -0.1) is 0 Å². The van der Waals surface area contributed by atoms with Crippen molar-refractivity contribution in [2.45, 2.75) is 31.2 Å². The Kier molecular flexibility index (Phi) is 4.94. The second-order valence-electron chi connectivity index (χ2n) is 9.65. The van der Waals surface area contributed by atoms with Gasteiger partial charge in [-0.2, -0.15) is 0 Å². The molecular weight excluding hydrogens is 434 g/mol. The average molecular weight is 462 g/mol. The number of piperazine rings is 1. The fourth-order valence-corrected chi connectivity index (χ4v) is 5.35. The minimum atomic E-state index is 0.364. The molecule has 7 heteroatoms. The molecule has 1 aromatic carbocycles. The molecule has 1 aliphatic carbocycles. The van der Waals surface area contributed by atoms with E-state index >= 15 is 0 Å². The van der Waals surface area contributed by atoms with Gasteiger partial charge in [0.15, 0.2) is 5.82 Å². The summed E-state index contributed by atoms with van der Waals surface area (Å²) in [5, 5.41) is 5.93. The first kappa shape index (κ1) is 20.5. The molecule has 5 aromatic rings. The molecule has 1 unspecified atom stereocenters. The van der Waals surface area contributed by atoms with Gasteiger partial charge < -0.3 is 15.2 Å². The van der Waals surface area contributed by atoms with E-state index in [1.165, 1.54) is 29.4 Å². The van der Waals surface area contributed by atoms with Gasteiger partial charge in [-0.25, -0.2) is 15.0 Å². The number of H-pyrrole nitrogens is 1. The van der Waals surface area contributed by atoms with Gasteiger partial charge in [0.2, 0.25) is 0 Å². The summed E-state index contributed by atoms with van der Waals surface area (Å²) in [6, 6.07) is 15.1. The molecule has 174 valence electrons. The standard InChI is InChI=1S/C28H27N7/c1-2-4-18(5-3-1)14-20-17-35(13-12-30-20)28-25-23(19-6-7-19)15-29-16-24(25)33-27(34-28)22-9-11-32-26-21(22)8-10-31-26/h1-5,8-11,15-16,19-20,30H,6-7,12-14,17H2,(H,31,32). The van der Waals surface area contributed by atoms with E-state index in [4.69, 9.17) is 9.97 Å². The Labute approximate surface area is 203 Å². The van der Waals surface area contributed by atoms with Crippen molar-refractivity contribution in [2.24, 2.45) is 0 Å². The van der Waals surface area contributed by atoms with Crippen molar-refractivity contribution in [1.82, 2.24) is 30.2 Å². The highest BCUT2D eigenvalue weighted by molar-refractivity contribution is 5.97. The van der Waals surface area contributed by atoms with E-state index < -0.39 is 0 Å². The summed E-state index contributed by atoms with van der Waals surface area (Å²) in [7, 11) is 0. The number of anilines is 1.